The van der Waals surface area contributed by atoms with Crippen molar-refractivity contribution in [1.29, 1.82) is 0 Å². The number of nitrogens with zero attached hydrogens (tertiary/aromatic N) is 3. The van der Waals surface area contributed by atoms with E-state index < -0.39 is 12.0 Å². The summed E-state index contributed by atoms with van der Waals surface area (Å²) in [4.78, 5) is 28.2. The SMILES string of the molecule is Cc1cc(C)n(C)c(=O)c1-c1ccc(CC(N)C(=O)O)n2ccnc12. The molecule has 0 aliphatic carbocycles. The van der Waals surface area contributed by atoms with Gasteiger partial charge >= 0.3 is 5.97 Å². The molecule has 1 atom stereocenters. The summed E-state index contributed by atoms with van der Waals surface area (Å²) in [6.45, 7) is 3.79. The Bertz CT molecular complexity index is 1030. The highest BCUT2D eigenvalue weighted by molar-refractivity contribution is 5.80. The summed E-state index contributed by atoms with van der Waals surface area (Å²) < 4.78 is 3.40. The van der Waals surface area contributed by atoms with E-state index >= 15 is 0 Å². The number of nitrogens with two attached hydrogens (primary N) is 1. The molecule has 0 aromatic carbocycles. The molecule has 7 nitrogen and oxygen atoms in total. The van der Waals surface area contributed by atoms with Crippen molar-refractivity contribution in [3.05, 3.63) is 57.9 Å². The molecule has 3 N–H and O–H groups in total. The highest BCUT2D eigenvalue weighted by atomic mass is 16.4. The van der Waals surface area contributed by atoms with Crippen LogP contribution in [0.5, 0.6) is 0 Å². The van der Waals surface area contributed by atoms with Crippen LogP contribution in [0.25, 0.3) is 16.8 Å². The second-order valence-corrected chi connectivity index (χ2v) is 6.22. The number of imidazole rings is 1. The van der Waals surface area contributed by atoms with Gasteiger partial charge in [-0.15, -0.1) is 0 Å². The summed E-state index contributed by atoms with van der Waals surface area (Å²) >= 11 is 0. The molecule has 0 saturated carbocycles. The van der Waals surface area contributed by atoms with Crippen molar-refractivity contribution in [2.45, 2.75) is 26.3 Å². The first-order valence-electron chi connectivity index (χ1n) is 7.92. The molecule has 25 heavy (non-hydrogen) atoms. The van der Waals surface area contributed by atoms with Gasteiger partial charge in [0, 0.05) is 42.8 Å². The Hall–Kier alpha value is -2.93. The molecule has 0 spiro atoms. The van der Waals surface area contributed by atoms with Crippen LogP contribution in [0, 0.1) is 13.8 Å². The fourth-order valence-corrected chi connectivity index (χ4v) is 3.05. The van der Waals surface area contributed by atoms with E-state index in [0.29, 0.717) is 11.2 Å². The van der Waals surface area contributed by atoms with Crippen molar-refractivity contribution >= 4 is 11.6 Å². The third-order valence-corrected chi connectivity index (χ3v) is 4.52. The topological polar surface area (TPSA) is 103 Å². The van der Waals surface area contributed by atoms with Crippen LogP contribution >= 0.6 is 0 Å². The van der Waals surface area contributed by atoms with Gasteiger partial charge in [0.2, 0.25) is 0 Å². The van der Waals surface area contributed by atoms with Gasteiger partial charge in [-0.05, 0) is 37.6 Å². The summed E-state index contributed by atoms with van der Waals surface area (Å²) in [5.74, 6) is -1.06. The van der Waals surface area contributed by atoms with Crippen molar-refractivity contribution in [1.82, 2.24) is 14.0 Å². The van der Waals surface area contributed by atoms with Crippen LogP contribution in [0.3, 0.4) is 0 Å². The second kappa shape index (κ2) is 6.18. The molecule has 3 rings (SSSR count). The molecule has 0 aliphatic heterocycles. The maximum atomic E-state index is 12.8. The van der Waals surface area contributed by atoms with E-state index in [0.717, 1.165) is 22.5 Å². The molecular formula is C18H20N4O3. The summed E-state index contributed by atoms with van der Waals surface area (Å²) in [5.41, 5.74) is 9.98. The minimum atomic E-state index is -1.06. The first-order chi connectivity index (χ1) is 11.8. The molecule has 0 amide bonds. The number of hydrogen-bond donors (Lipinski definition) is 2. The van der Waals surface area contributed by atoms with Gasteiger partial charge in [-0.3, -0.25) is 9.59 Å². The minimum Gasteiger partial charge on any atom is -0.480 e. The lowest BCUT2D eigenvalue weighted by Gasteiger charge is -2.14. The van der Waals surface area contributed by atoms with Crippen molar-refractivity contribution in [2.24, 2.45) is 12.8 Å². The summed E-state index contributed by atoms with van der Waals surface area (Å²) in [5, 5.41) is 9.03. The van der Waals surface area contributed by atoms with E-state index in [1.165, 1.54) is 0 Å². The molecule has 0 fully saturated rings. The van der Waals surface area contributed by atoms with Crippen molar-refractivity contribution in [3.63, 3.8) is 0 Å². The van der Waals surface area contributed by atoms with Crippen LogP contribution in [0.15, 0.2) is 35.4 Å². The van der Waals surface area contributed by atoms with Crippen LogP contribution in [-0.2, 0) is 18.3 Å². The lowest BCUT2D eigenvalue weighted by atomic mass is 10.0. The lowest BCUT2D eigenvalue weighted by Crippen LogP contribution is -2.32. The van der Waals surface area contributed by atoms with Gasteiger partial charge in [0.1, 0.15) is 11.7 Å². The predicted molar refractivity (Wildman–Crippen MR) is 94.7 cm³/mol. The molecule has 0 saturated heterocycles. The number of aromatic nitrogens is 3. The summed E-state index contributed by atoms with van der Waals surface area (Å²) in [7, 11) is 1.74. The van der Waals surface area contributed by atoms with Crippen LogP contribution in [0.4, 0.5) is 0 Å². The molecule has 0 radical (unpaired) electrons. The van der Waals surface area contributed by atoms with E-state index in [4.69, 9.17) is 10.8 Å². The molecule has 3 aromatic heterocycles. The van der Waals surface area contributed by atoms with Gasteiger partial charge in [-0.1, -0.05) is 0 Å². The Kier molecular flexibility index (Phi) is 4.18. The van der Waals surface area contributed by atoms with Gasteiger partial charge < -0.3 is 19.8 Å². The number of aryl methyl sites for hydroxylation is 2. The van der Waals surface area contributed by atoms with E-state index in [1.54, 1.807) is 34.5 Å². The number of pyridine rings is 2. The van der Waals surface area contributed by atoms with Crippen LogP contribution in [-0.4, -0.2) is 31.1 Å². The Balaban J connectivity index is 2.21. The van der Waals surface area contributed by atoms with Gasteiger partial charge in [-0.25, -0.2) is 4.98 Å². The highest BCUT2D eigenvalue weighted by Gasteiger charge is 2.18. The quantitative estimate of drug-likeness (QED) is 0.744. The number of carboxylic acids is 1. The number of aliphatic carboxylic acids is 1. The molecule has 0 aliphatic rings. The molecule has 3 heterocycles. The summed E-state index contributed by atoms with van der Waals surface area (Å²) in [6, 6.07) is 4.58. The first-order valence-corrected chi connectivity index (χ1v) is 7.92. The lowest BCUT2D eigenvalue weighted by molar-refractivity contribution is -0.138. The second-order valence-electron chi connectivity index (χ2n) is 6.22. The van der Waals surface area contributed by atoms with Gasteiger partial charge in [-0.2, -0.15) is 0 Å². The zero-order valence-electron chi connectivity index (χ0n) is 14.4. The van der Waals surface area contributed by atoms with Crippen LogP contribution in [0.2, 0.25) is 0 Å². The Morgan fingerprint density at radius 1 is 1.36 bits per heavy atom. The number of rotatable bonds is 4. The Labute approximate surface area is 144 Å². The van der Waals surface area contributed by atoms with Crippen molar-refractivity contribution in [2.75, 3.05) is 0 Å². The van der Waals surface area contributed by atoms with Gasteiger partial charge in [0.15, 0.2) is 0 Å². The minimum absolute atomic E-state index is 0.0858. The van der Waals surface area contributed by atoms with Crippen LogP contribution < -0.4 is 11.3 Å². The number of carbonyl (C=O) groups is 1. The fraction of sp³-hybridized carbons (Fsp3) is 0.278. The molecule has 7 heteroatoms. The third kappa shape index (κ3) is 2.83. The highest BCUT2D eigenvalue weighted by Crippen LogP contribution is 2.25. The van der Waals surface area contributed by atoms with E-state index in [-0.39, 0.29) is 12.0 Å². The van der Waals surface area contributed by atoms with Gasteiger partial charge in [0.05, 0.1) is 5.56 Å². The predicted octanol–water partition coefficient (Wildman–Crippen LogP) is 1.27. The molecule has 0 bridgehead atoms. The van der Waals surface area contributed by atoms with Crippen molar-refractivity contribution < 1.29 is 9.90 Å². The summed E-state index contributed by atoms with van der Waals surface area (Å²) in [6.07, 6.45) is 3.55. The smallest absolute Gasteiger partial charge is 0.320 e. The average Bonchev–Trinajstić information content (AvgIpc) is 3.04. The number of fused-ring (bicyclic) bond motifs is 1. The fourth-order valence-electron chi connectivity index (χ4n) is 3.05. The maximum absolute atomic E-state index is 12.8. The largest absolute Gasteiger partial charge is 0.480 e. The number of carboxylic acid groups (broad SMARTS) is 1. The zero-order chi connectivity index (χ0) is 18.3. The van der Waals surface area contributed by atoms with Crippen LogP contribution in [0.1, 0.15) is 17.0 Å². The van der Waals surface area contributed by atoms with Crippen molar-refractivity contribution in [3.8, 4) is 11.1 Å². The van der Waals surface area contributed by atoms with E-state index in [9.17, 15) is 9.59 Å². The van der Waals surface area contributed by atoms with Gasteiger partial charge in [0.25, 0.3) is 5.56 Å². The average molecular weight is 340 g/mol. The standard InChI is InChI=1S/C18H20N4O3/c1-10-8-11(2)21(3)17(23)15(10)13-5-4-12(9-14(19)18(24)25)22-7-6-20-16(13)22/h4-8,14H,9,19H2,1-3H3,(H,24,25). The molecule has 3 aromatic rings. The zero-order valence-corrected chi connectivity index (χ0v) is 14.4. The molecular weight excluding hydrogens is 320 g/mol. The number of hydrogen-bond acceptors (Lipinski definition) is 4. The van der Waals surface area contributed by atoms with E-state index in [1.807, 2.05) is 26.0 Å². The van der Waals surface area contributed by atoms with E-state index in [2.05, 4.69) is 4.98 Å². The normalized spacial score (nSPS) is 12.5. The first kappa shape index (κ1) is 16.9. The maximum Gasteiger partial charge on any atom is 0.320 e. The molecule has 130 valence electrons. The molecule has 1 unspecified atom stereocenters. The Morgan fingerprint density at radius 3 is 2.76 bits per heavy atom. The Morgan fingerprint density at radius 2 is 2.08 bits per heavy atom. The third-order valence-electron chi connectivity index (χ3n) is 4.52. The monoisotopic (exact) mass is 340 g/mol.